The molecule has 0 rings (SSSR count). The van der Waals surface area contributed by atoms with E-state index in [1.165, 1.54) is 46.6 Å². The van der Waals surface area contributed by atoms with Crippen molar-refractivity contribution in [3.63, 3.8) is 0 Å². The second-order valence-corrected chi connectivity index (χ2v) is 2.07. The Morgan fingerprint density at radius 2 is 1.17 bits per heavy atom. The minimum atomic E-state index is 1.27. The minimum Gasteiger partial charge on any atom is -0.333 e. The van der Waals surface area contributed by atoms with Crippen LogP contribution in [0.3, 0.4) is 0 Å². The molecular formula is C8H28N3P. The van der Waals surface area contributed by atoms with Gasteiger partial charge in [-0.1, -0.05) is 19.8 Å². The highest BCUT2D eigenvalue weighted by molar-refractivity contribution is 7.16. The Bertz CT molecular complexity index is 26.3. The fourth-order valence-electron chi connectivity index (χ4n) is 0.394. The smallest absolute Gasteiger partial charge is 0.0195 e. The van der Waals surface area contributed by atoms with Crippen molar-refractivity contribution in [3.8, 4) is 0 Å². The Morgan fingerprint density at radius 3 is 1.25 bits per heavy atom. The van der Waals surface area contributed by atoms with Gasteiger partial charge in [0, 0.05) is 0 Å². The van der Waals surface area contributed by atoms with Crippen LogP contribution in [0.25, 0.3) is 0 Å². The number of unbranched alkanes of at least 4 members (excludes halogenated alkanes) is 2. The van der Waals surface area contributed by atoms with Crippen molar-refractivity contribution in [2.24, 2.45) is 17.2 Å². The molecule has 1 atom stereocenters. The van der Waals surface area contributed by atoms with Crippen LogP contribution in [-0.2, 0) is 0 Å². The van der Waals surface area contributed by atoms with Gasteiger partial charge in [0.15, 0.2) is 0 Å². The van der Waals surface area contributed by atoms with E-state index in [1.807, 2.05) is 0 Å². The van der Waals surface area contributed by atoms with Crippen LogP contribution in [0.1, 0.15) is 26.2 Å². The van der Waals surface area contributed by atoms with E-state index in [2.05, 4.69) is 33.4 Å². The van der Waals surface area contributed by atoms with Gasteiger partial charge in [0.2, 0.25) is 0 Å². The fourth-order valence-corrected chi connectivity index (χ4v) is 0.683. The first kappa shape index (κ1) is 22.8. The molecule has 0 bridgehead atoms. The SMILES string of the molecule is CCCCCP.CN.CN.CN. The third-order valence-electron chi connectivity index (χ3n) is 0.808. The topological polar surface area (TPSA) is 78.1 Å². The molecule has 0 aliphatic carbocycles. The van der Waals surface area contributed by atoms with E-state index in [4.69, 9.17) is 0 Å². The summed E-state index contributed by atoms with van der Waals surface area (Å²) in [5.74, 6) is 0. The first-order valence-electron chi connectivity index (χ1n) is 4.35. The molecule has 1 unspecified atom stereocenters. The van der Waals surface area contributed by atoms with Crippen LogP contribution in [-0.4, -0.2) is 27.3 Å². The molecule has 0 heterocycles. The molecule has 0 aromatic rings. The first-order chi connectivity index (χ1) is 5.91. The predicted octanol–water partition coefficient (Wildman–Crippen LogP) is 0.776. The molecule has 0 amide bonds. The van der Waals surface area contributed by atoms with Crippen molar-refractivity contribution in [3.05, 3.63) is 0 Å². The molecule has 0 aromatic heterocycles. The van der Waals surface area contributed by atoms with Crippen molar-refractivity contribution < 1.29 is 0 Å². The molecule has 0 saturated carbocycles. The summed E-state index contributed by atoms with van der Waals surface area (Å²) in [7, 11) is 7.23. The van der Waals surface area contributed by atoms with Crippen molar-refractivity contribution in [2.45, 2.75) is 26.2 Å². The standard InChI is InChI=1S/C5H13P.3CH5N/c1-2-3-4-5-6;3*1-2/h2-6H2,1H3;3*2H2,1H3. The van der Waals surface area contributed by atoms with Crippen molar-refractivity contribution in [1.29, 1.82) is 0 Å². The normalized spacial score (nSPS) is 6.00. The van der Waals surface area contributed by atoms with Crippen LogP contribution in [0.15, 0.2) is 0 Å². The van der Waals surface area contributed by atoms with Crippen molar-refractivity contribution in [1.82, 2.24) is 0 Å². The fraction of sp³-hybridized carbons (Fsp3) is 1.00. The number of hydrogen-bond acceptors (Lipinski definition) is 3. The van der Waals surface area contributed by atoms with Crippen LogP contribution in [0.2, 0.25) is 0 Å². The number of rotatable bonds is 3. The second kappa shape index (κ2) is 64.7. The summed E-state index contributed by atoms with van der Waals surface area (Å²) in [4.78, 5) is 0. The molecule has 3 nitrogen and oxygen atoms in total. The molecule has 0 aromatic carbocycles. The quantitative estimate of drug-likeness (QED) is 0.462. The first-order valence-corrected chi connectivity index (χ1v) is 5.16. The third-order valence-corrected chi connectivity index (χ3v) is 1.22. The molecule has 0 aliphatic heterocycles. The Balaban J connectivity index is -0.0000000453. The van der Waals surface area contributed by atoms with Crippen LogP contribution < -0.4 is 17.2 Å². The number of hydrogen-bond donors (Lipinski definition) is 3. The van der Waals surface area contributed by atoms with Gasteiger partial charge in [-0.15, -0.1) is 9.24 Å². The minimum absolute atomic E-state index is 1.27. The van der Waals surface area contributed by atoms with Gasteiger partial charge in [-0.05, 0) is 33.7 Å². The molecule has 0 fully saturated rings. The zero-order valence-electron chi connectivity index (χ0n) is 9.14. The molecule has 6 N–H and O–H groups in total. The lowest BCUT2D eigenvalue weighted by Crippen LogP contribution is -1.70. The Morgan fingerprint density at radius 1 is 0.833 bits per heavy atom. The van der Waals surface area contributed by atoms with E-state index in [-0.39, 0.29) is 0 Å². The molecule has 12 heavy (non-hydrogen) atoms. The zero-order valence-corrected chi connectivity index (χ0v) is 10.3. The Kier molecular flexibility index (Phi) is 123. The van der Waals surface area contributed by atoms with Gasteiger partial charge in [-0.25, -0.2) is 0 Å². The average molecular weight is 197 g/mol. The largest absolute Gasteiger partial charge is 0.333 e. The Labute approximate surface area is 80.7 Å². The summed E-state index contributed by atoms with van der Waals surface area (Å²) in [5, 5.41) is 0. The highest BCUT2D eigenvalue weighted by Crippen LogP contribution is 1.95. The maximum absolute atomic E-state index is 4.50. The van der Waals surface area contributed by atoms with Crippen molar-refractivity contribution in [2.75, 3.05) is 27.3 Å². The maximum Gasteiger partial charge on any atom is -0.0195 e. The summed E-state index contributed by atoms with van der Waals surface area (Å²) in [6.45, 7) is 2.22. The van der Waals surface area contributed by atoms with E-state index in [0.29, 0.717) is 0 Å². The van der Waals surface area contributed by atoms with Crippen LogP contribution >= 0.6 is 9.24 Å². The van der Waals surface area contributed by atoms with Gasteiger partial charge in [-0.2, -0.15) is 0 Å². The van der Waals surface area contributed by atoms with Gasteiger partial charge in [0.1, 0.15) is 0 Å². The molecule has 0 aliphatic rings. The molecule has 4 heteroatoms. The Hall–Kier alpha value is 0.310. The molecule has 0 radical (unpaired) electrons. The van der Waals surface area contributed by atoms with E-state index in [9.17, 15) is 0 Å². The summed E-state index contributed by atoms with van der Waals surface area (Å²) in [5.41, 5.74) is 13.5. The van der Waals surface area contributed by atoms with Crippen molar-refractivity contribution >= 4 is 9.24 Å². The number of nitrogens with two attached hydrogens (primary N) is 3. The summed E-state index contributed by atoms with van der Waals surface area (Å²) >= 11 is 0. The lowest BCUT2D eigenvalue weighted by molar-refractivity contribution is 0.779. The lowest BCUT2D eigenvalue weighted by atomic mass is 10.3. The summed E-state index contributed by atoms with van der Waals surface area (Å²) in [6.07, 6.45) is 5.38. The van der Waals surface area contributed by atoms with Gasteiger partial charge in [0.05, 0.1) is 0 Å². The van der Waals surface area contributed by atoms with E-state index in [1.54, 1.807) is 0 Å². The van der Waals surface area contributed by atoms with Crippen LogP contribution in [0, 0.1) is 0 Å². The predicted molar refractivity (Wildman–Crippen MR) is 64.4 cm³/mol. The van der Waals surface area contributed by atoms with Gasteiger partial charge >= 0.3 is 0 Å². The average Bonchev–Trinajstić information content (AvgIpc) is 2.24. The lowest BCUT2D eigenvalue weighted by Gasteiger charge is -1.86. The summed E-state index contributed by atoms with van der Waals surface area (Å²) < 4.78 is 0. The highest BCUT2D eigenvalue weighted by Gasteiger charge is 1.75. The molecular weight excluding hydrogens is 169 g/mol. The molecule has 0 spiro atoms. The van der Waals surface area contributed by atoms with Crippen LogP contribution in [0.5, 0.6) is 0 Å². The molecule has 0 saturated heterocycles. The maximum atomic E-state index is 4.50. The monoisotopic (exact) mass is 197 g/mol. The molecule has 80 valence electrons. The van der Waals surface area contributed by atoms with Gasteiger partial charge in [0.25, 0.3) is 0 Å². The summed E-state index contributed by atoms with van der Waals surface area (Å²) in [6, 6.07) is 0. The van der Waals surface area contributed by atoms with Crippen LogP contribution in [0.4, 0.5) is 0 Å². The van der Waals surface area contributed by atoms with E-state index >= 15 is 0 Å². The zero-order chi connectivity index (χ0) is 10.8. The van der Waals surface area contributed by atoms with E-state index in [0.717, 1.165) is 0 Å². The van der Waals surface area contributed by atoms with E-state index < -0.39 is 0 Å². The van der Waals surface area contributed by atoms with Gasteiger partial charge in [-0.3, -0.25) is 0 Å². The van der Waals surface area contributed by atoms with Gasteiger partial charge < -0.3 is 17.2 Å². The third kappa shape index (κ3) is 81.6. The second-order valence-electron chi connectivity index (χ2n) is 1.50. The highest BCUT2D eigenvalue weighted by atomic mass is 31.0.